The van der Waals surface area contributed by atoms with Crippen LogP contribution in [0.15, 0.2) is 42.7 Å². The van der Waals surface area contributed by atoms with Crippen molar-refractivity contribution in [1.82, 2.24) is 4.98 Å². The molecule has 1 N–H and O–H groups in total. The lowest BCUT2D eigenvalue weighted by Crippen LogP contribution is -2.15. The number of carbonyl (C=O) groups excluding carboxylic acids is 1. The van der Waals surface area contributed by atoms with Crippen molar-refractivity contribution in [2.45, 2.75) is 0 Å². The number of anilines is 2. The maximum Gasteiger partial charge on any atom is 0.258 e. The van der Waals surface area contributed by atoms with Gasteiger partial charge >= 0.3 is 0 Å². The number of pyridine rings is 1. The SMILES string of the molecule is CN(C)c1cccc(NC(=O)c2ccncc2F)c1. The number of carbonyl (C=O) groups is 1. The van der Waals surface area contributed by atoms with E-state index < -0.39 is 11.7 Å². The molecule has 0 unspecified atom stereocenters. The van der Waals surface area contributed by atoms with Gasteiger partial charge in [-0.2, -0.15) is 0 Å². The Bertz CT molecular complexity index is 599. The Morgan fingerprint density at radius 3 is 2.79 bits per heavy atom. The maximum atomic E-state index is 13.4. The third-order valence-electron chi connectivity index (χ3n) is 2.64. The van der Waals surface area contributed by atoms with Crippen molar-refractivity contribution < 1.29 is 9.18 Å². The first-order chi connectivity index (χ1) is 9.08. The molecular formula is C14H14FN3O. The number of rotatable bonds is 3. The molecule has 0 spiro atoms. The molecule has 0 fully saturated rings. The third-order valence-corrected chi connectivity index (χ3v) is 2.64. The standard InChI is InChI=1S/C14H14FN3O/c1-18(2)11-5-3-4-10(8-11)17-14(19)12-6-7-16-9-13(12)15/h3-9H,1-2H3,(H,17,19). The molecule has 19 heavy (non-hydrogen) atoms. The Labute approximate surface area is 110 Å². The maximum absolute atomic E-state index is 13.4. The lowest BCUT2D eigenvalue weighted by Gasteiger charge is -2.14. The first kappa shape index (κ1) is 13.0. The molecule has 2 aromatic rings. The molecule has 0 aliphatic rings. The van der Waals surface area contributed by atoms with E-state index in [1.165, 1.54) is 12.3 Å². The van der Waals surface area contributed by atoms with Gasteiger partial charge in [0.15, 0.2) is 5.82 Å². The molecule has 1 amide bonds. The van der Waals surface area contributed by atoms with Crippen LogP contribution in [-0.2, 0) is 0 Å². The molecule has 2 rings (SSSR count). The molecular weight excluding hydrogens is 245 g/mol. The van der Waals surface area contributed by atoms with Crippen LogP contribution in [-0.4, -0.2) is 25.0 Å². The Morgan fingerprint density at radius 2 is 2.11 bits per heavy atom. The molecule has 1 heterocycles. The van der Waals surface area contributed by atoms with Crippen LogP contribution in [0.2, 0.25) is 0 Å². The molecule has 0 aliphatic carbocycles. The highest BCUT2D eigenvalue weighted by Crippen LogP contribution is 2.18. The van der Waals surface area contributed by atoms with Gasteiger partial charge in [0.25, 0.3) is 5.91 Å². The summed E-state index contributed by atoms with van der Waals surface area (Å²) >= 11 is 0. The average Bonchev–Trinajstić information content (AvgIpc) is 2.39. The van der Waals surface area contributed by atoms with E-state index in [9.17, 15) is 9.18 Å². The smallest absolute Gasteiger partial charge is 0.258 e. The number of benzene rings is 1. The van der Waals surface area contributed by atoms with Gasteiger partial charge in [-0.1, -0.05) is 6.07 Å². The molecule has 1 aromatic carbocycles. The fourth-order valence-electron chi connectivity index (χ4n) is 1.62. The van der Waals surface area contributed by atoms with Crippen molar-refractivity contribution in [2.24, 2.45) is 0 Å². The number of hydrogen-bond acceptors (Lipinski definition) is 3. The molecule has 98 valence electrons. The lowest BCUT2D eigenvalue weighted by molar-refractivity contribution is 0.102. The summed E-state index contributed by atoms with van der Waals surface area (Å²) < 4.78 is 13.4. The van der Waals surface area contributed by atoms with Crippen molar-refractivity contribution in [1.29, 1.82) is 0 Å². The van der Waals surface area contributed by atoms with Crippen LogP contribution in [0.3, 0.4) is 0 Å². The Balaban J connectivity index is 2.20. The predicted molar refractivity (Wildman–Crippen MR) is 72.9 cm³/mol. The van der Waals surface area contributed by atoms with Crippen LogP contribution in [0, 0.1) is 5.82 Å². The van der Waals surface area contributed by atoms with Gasteiger partial charge in [-0.25, -0.2) is 4.39 Å². The van der Waals surface area contributed by atoms with Crippen molar-refractivity contribution in [2.75, 3.05) is 24.3 Å². The Kier molecular flexibility index (Phi) is 3.75. The summed E-state index contributed by atoms with van der Waals surface area (Å²) in [6.45, 7) is 0. The van der Waals surface area contributed by atoms with Crippen molar-refractivity contribution >= 4 is 17.3 Å². The molecule has 0 aliphatic heterocycles. The molecule has 5 heteroatoms. The van der Waals surface area contributed by atoms with Crippen molar-refractivity contribution in [3.05, 3.63) is 54.1 Å². The van der Waals surface area contributed by atoms with Crippen LogP contribution in [0.4, 0.5) is 15.8 Å². The topological polar surface area (TPSA) is 45.2 Å². The zero-order valence-electron chi connectivity index (χ0n) is 10.7. The summed E-state index contributed by atoms with van der Waals surface area (Å²) in [6.07, 6.45) is 2.40. The fraction of sp³-hybridized carbons (Fsp3) is 0.143. The van der Waals surface area contributed by atoms with E-state index in [4.69, 9.17) is 0 Å². The third kappa shape index (κ3) is 3.07. The number of aromatic nitrogens is 1. The largest absolute Gasteiger partial charge is 0.378 e. The first-order valence-electron chi connectivity index (χ1n) is 5.76. The summed E-state index contributed by atoms with van der Waals surface area (Å²) in [6, 6.07) is 8.66. The van der Waals surface area contributed by atoms with Crippen LogP contribution in [0.25, 0.3) is 0 Å². The van der Waals surface area contributed by atoms with Gasteiger partial charge < -0.3 is 10.2 Å². The van der Waals surface area contributed by atoms with Gasteiger partial charge in [-0.05, 0) is 24.3 Å². The second kappa shape index (κ2) is 5.48. The van der Waals surface area contributed by atoms with Gasteiger partial charge in [-0.3, -0.25) is 9.78 Å². The summed E-state index contributed by atoms with van der Waals surface area (Å²) in [5.41, 5.74) is 1.55. The monoisotopic (exact) mass is 259 g/mol. The second-order valence-corrected chi connectivity index (χ2v) is 4.25. The second-order valence-electron chi connectivity index (χ2n) is 4.25. The molecule has 0 saturated carbocycles. The zero-order chi connectivity index (χ0) is 13.8. The quantitative estimate of drug-likeness (QED) is 0.921. The number of nitrogens with one attached hydrogen (secondary N) is 1. The van der Waals surface area contributed by atoms with E-state index in [0.29, 0.717) is 5.69 Å². The zero-order valence-corrected chi connectivity index (χ0v) is 10.7. The number of hydrogen-bond donors (Lipinski definition) is 1. The normalized spacial score (nSPS) is 10.1. The summed E-state index contributed by atoms with van der Waals surface area (Å²) in [5.74, 6) is -1.13. The van der Waals surface area contributed by atoms with E-state index in [-0.39, 0.29) is 5.56 Å². The molecule has 0 saturated heterocycles. The molecule has 0 bridgehead atoms. The number of halogens is 1. The van der Waals surface area contributed by atoms with Crippen molar-refractivity contribution in [3.63, 3.8) is 0 Å². The molecule has 0 radical (unpaired) electrons. The summed E-state index contributed by atoms with van der Waals surface area (Å²) in [5, 5.41) is 2.66. The van der Waals surface area contributed by atoms with E-state index in [1.54, 1.807) is 6.07 Å². The minimum absolute atomic E-state index is 0.0229. The number of amides is 1. The Hall–Kier alpha value is -2.43. The van der Waals surface area contributed by atoms with Gasteiger partial charge in [0.05, 0.1) is 11.8 Å². The lowest BCUT2D eigenvalue weighted by atomic mass is 10.2. The highest BCUT2D eigenvalue weighted by molar-refractivity contribution is 6.04. The Morgan fingerprint density at radius 1 is 1.32 bits per heavy atom. The summed E-state index contributed by atoms with van der Waals surface area (Å²) in [4.78, 5) is 17.5. The van der Waals surface area contributed by atoms with Gasteiger partial charge in [-0.15, -0.1) is 0 Å². The highest BCUT2D eigenvalue weighted by atomic mass is 19.1. The van der Waals surface area contributed by atoms with Crippen LogP contribution in [0.1, 0.15) is 10.4 Å². The fourth-order valence-corrected chi connectivity index (χ4v) is 1.62. The summed E-state index contributed by atoms with van der Waals surface area (Å²) in [7, 11) is 3.81. The average molecular weight is 259 g/mol. The van der Waals surface area contributed by atoms with E-state index in [2.05, 4.69) is 10.3 Å². The number of nitrogens with zero attached hydrogens (tertiary/aromatic N) is 2. The molecule has 4 nitrogen and oxygen atoms in total. The van der Waals surface area contributed by atoms with E-state index >= 15 is 0 Å². The molecule has 1 aromatic heterocycles. The van der Waals surface area contributed by atoms with Crippen LogP contribution < -0.4 is 10.2 Å². The van der Waals surface area contributed by atoms with Gasteiger partial charge in [0.1, 0.15) is 0 Å². The van der Waals surface area contributed by atoms with Crippen LogP contribution in [0.5, 0.6) is 0 Å². The molecule has 0 atom stereocenters. The van der Waals surface area contributed by atoms with Gasteiger partial charge in [0.2, 0.25) is 0 Å². The van der Waals surface area contributed by atoms with Crippen molar-refractivity contribution in [3.8, 4) is 0 Å². The van der Waals surface area contributed by atoms with Crippen LogP contribution >= 0.6 is 0 Å². The van der Waals surface area contributed by atoms with E-state index in [1.807, 2.05) is 37.2 Å². The predicted octanol–water partition coefficient (Wildman–Crippen LogP) is 2.54. The highest BCUT2D eigenvalue weighted by Gasteiger charge is 2.11. The first-order valence-corrected chi connectivity index (χ1v) is 5.76. The minimum Gasteiger partial charge on any atom is -0.378 e. The minimum atomic E-state index is -0.635. The van der Waals surface area contributed by atoms with Gasteiger partial charge in [0, 0.05) is 31.7 Å². The van der Waals surface area contributed by atoms with E-state index in [0.717, 1.165) is 11.9 Å².